The molecule has 13 nitrogen and oxygen atoms in total. The number of hydrogen-bond acceptors (Lipinski definition) is 8. The Morgan fingerprint density at radius 1 is 0.818 bits per heavy atom. The molecule has 0 heterocycles. The molecule has 4 unspecified atom stereocenters. The molecule has 0 spiro atoms. The van der Waals surface area contributed by atoms with Gasteiger partial charge in [0.25, 0.3) is 0 Å². The molecule has 188 valence electrons. The zero-order valence-electron chi connectivity index (χ0n) is 19.0. The fourth-order valence-electron chi connectivity index (χ4n) is 2.57. The lowest BCUT2D eigenvalue weighted by atomic mass is 10.0. The van der Waals surface area contributed by atoms with Crippen LogP contribution in [0.15, 0.2) is 0 Å². The number of hydrogen-bond donors (Lipinski definition) is 7. The van der Waals surface area contributed by atoms with E-state index in [0.29, 0.717) is 5.75 Å². The molecule has 0 aliphatic heterocycles. The highest BCUT2D eigenvalue weighted by Crippen LogP contribution is 2.06. The standard InChI is InChI=1S/C19H34N6O7S/c1-9(2)15(22)18(30)23-10(4-5-13(20)26)16(28)25-12(8-14(21)27)17(29)24-11(19(31)32)6-7-33-3/h9-12,15H,4-8,22H2,1-3H3,(H2,20,26)(H2,21,27)(H,23,30)(H,24,29)(H,25,28)(H,31,32). The van der Waals surface area contributed by atoms with Gasteiger partial charge in [0.15, 0.2) is 0 Å². The molecule has 0 aliphatic carbocycles. The summed E-state index contributed by atoms with van der Waals surface area (Å²) in [5.74, 6) is -5.21. The summed E-state index contributed by atoms with van der Waals surface area (Å²) in [6, 6.07) is -4.97. The number of nitrogens with two attached hydrogens (primary N) is 3. The Hall–Kier alpha value is -2.87. The zero-order chi connectivity index (χ0) is 25.7. The van der Waals surface area contributed by atoms with Crippen molar-refractivity contribution in [2.75, 3.05) is 12.0 Å². The lowest BCUT2D eigenvalue weighted by Crippen LogP contribution is -2.58. The number of aliphatic carboxylic acids is 1. The van der Waals surface area contributed by atoms with Crippen LogP contribution in [0.25, 0.3) is 0 Å². The number of carboxylic acid groups (broad SMARTS) is 1. The summed E-state index contributed by atoms with van der Waals surface area (Å²) >= 11 is 1.38. The lowest BCUT2D eigenvalue weighted by Gasteiger charge is -2.25. The third-order valence-corrected chi connectivity index (χ3v) is 5.24. The molecular formula is C19H34N6O7S. The van der Waals surface area contributed by atoms with Gasteiger partial charge >= 0.3 is 5.97 Å². The topological polar surface area (TPSA) is 237 Å². The Morgan fingerprint density at radius 2 is 1.33 bits per heavy atom. The van der Waals surface area contributed by atoms with E-state index in [1.165, 1.54) is 11.8 Å². The molecule has 0 radical (unpaired) electrons. The van der Waals surface area contributed by atoms with Crippen LogP contribution in [0.1, 0.15) is 39.5 Å². The third kappa shape index (κ3) is 12.1. The normalized spacial score (nSPS) is 14.5. The number of thioether (sulfide) groups is 1. The largest absolute Gasteiger partial charge is 0.480 e. The number of carbonyl (C=O) groups is 6. The number of amides is 5. The van der Waals surface area contributed by atoms with E-state index in [2.05, 4.69) is 16.0 Å². The van der Waals surface area contributed by atoms with Crippen LogP contribution in [0.3, 0.4) is 0 Å². The molecule has 5 amide bonds. The van der Waals surface area contributed by atoms with Gasteiger partial charge in [-0.25, -0.2) is 4.79 Å². The average Bonchev–Trinajstić information content (AvgIpc) is 2.71. The van der Waals surface area contributed by atoms with Gasteiger partial charge in [-0.3, -0.25) is 24.0 Å². The summed E-state index contributed by atoms with van der Waals surface area (Å²) < 4.78 is 0. The molecular weight excluding hydrogens is 456 g/mol. The van der Waals surface area contributed by atoms with Crippen LogP contribution in [0.5, 0.6) is 0 Å². The first kappa shape index (κ1) is 30.1. The monoisotopic (exact) mass is 490 g/mol. The minimum Gasteiger partial charge on any atom is -0.480 e. The van der Waals surface area contributed by atoms with E-state index in [0.717, 1.165) is 0 Å². The van der Waals surface area contributed by atoms with Crippen LogP contribution in [0.4, 0.5) is 0 Å². The molecule has 0 aromatic heterocycles. The summed E-state index contributed by atoms with van der Waals surface area (Å²) in [5.41, 5.74) is 16.1. The number of primary amides is 2. The molecule has 4 atom stereocenters. The fraction of sp³-hybridized carbons (Fsp3) is 0.684. The van der Waals surface area contributed by atoms with Crippen LogP contribution >= 0.6 is 11.8 Å². The highest BCUT2D eigenvalue weighted by molar-refractivity contribution is 7.98. The number of carbonyl (C=O) groups excluding carboxylic acids is 5. The van der Waals surface area contributed by atoms with E-state index in [-0.39, 0.29) is 25.2 Å². The van der Waals surface area contributed by atoms with Gasteiger partial charge in [-0.2, -0.15) is 11.8 Å². The minimum atomic E-state index is -1.50. The maximum Gasteiger partial charge on any atom is 0.326 e. The van der Waals surface area contributed by atoms with Crippen molar-refractivity contribution in [2.45, 2.75) is 63.7 Å². The predicted octanol–water partition coefficient (Wildman–Crippen LogP) is -2.60. The van der Waals surface area contributed by atoms with Gasteiger partial charge in [-0.1, -0.05) is 13.8 Å². The highest BCUT2D eigenvalue weighted by atomic mass is 32.2. The second-order valence-electron chi connectivity index (χ2n) is 7.75. The smallest absolute Gasteiger partial charge is 0.326 e. The number of rotatable bonds is 16. The van der Waals surface area contributed by atoms with Crippen molar-refractivity contribution in [2.24, 2.45) is 23.1 Å². The van der Waals surface area contributed by atoms with Gasteiger partial charge in [-0.15, -0.1) is 0 Å². The van der Waals surface area contributed by atoms with Gasteiger partial charge in [-0.05, 0) is 30.8 Å². The van der Waals surface area contributed by atoms with Crippen LogP contribution in [0, 0.1) is 5.92 Å². The molecule has 14 heteroatoms. The van der Waals surface area contributed by atoms with Crippen molar-refractivity contribution in [3.8, 4) is 0 Å². The summed E-state index contributed by atoms with van der Waals surface area (Å²) in [6.07, 6.45) is 0.826. The van der Waals surface area contributed by atoms with Crippen LogP contribution in [-0.2, 0) is 28.8 Å². The average molecular weight is 491 g/mol. The Morgan fingerprint density at radius 3 is 1.79 bits per heavy atom. The summed E-state index contributed by atoms with van der Waals surface area (Å²) in [6.45, 7) is 3.40. The van der Waals surface area contributed by atoms with Gasteiger partial charge in [0.2, 0.25) is 29.5 Å². The Labute approximate surface area is 196 Å². The summed E-state index contributed by atoms with van der Waals surface area (Å²) in [4.78, 5) is 71.7. The van der Waals surface area contributed by atoms with Crippen LogP contribution in [-0.4, -0.2) is 76.8 Å². The van der Waals surface area contributed by atoms with E-state index in [1.54, 1.807) is 20.1 Å². The SMILES string of the molecule is CSCCC(NC(=O)C(CC(N)=O)NC(=O)C(CCC(N)=O)NC(=O)C(N)C(C)C)C(=O)O. The number of nitrogens with one attached hydrogen (secondary N) is 3. The van der Waals surface area contributed by atoms with Gasteiger partial charge in [0, 0.05) is 6.42 Å². The molecule has 10 N–H and O–H groups in total. The van der Waals surface area contributed by atoms with Crippen molar-refractivity contribution in [1.82, 2.24) is 16.0 Å². The molecule has 0 saturated heterocycles. The van der Waals surface area contributed by atoms with Crippen LogP contribution in [0.2, 0.25) is 0 Å². The predicted molar refractivity (Wildman–Crippen MR) is 121 cm³/mol. The molecule has 0 fully saturated rings. The first-order chi connectivity index (χ1) is 15.3. The summed E-state index contributed by atoms with van der Waals surface area (Å²) in [5, 5.41) is 16.3. The third-order valence-electron chi connectivity index (χ3n) is 4.60. The zero-order valence-corrected chi connectivity index (χ0v) is 19.8. The van der Waals surface area contributed by atoms with Gasteiger partial charge in [0.05, 0.1) is 12.5 Å². The van der Waals surface area contributed by atoms with Crippen molar-refractivity contribution < 1.29 is 33.9 Å². The molecule has 0 bridgehead atoms. The second-order valence-corrected chi connectivity index (χ2v) is 8.73. The van der Waals surface area contributed by atoms with Gasteiger partial charge < -0.3 is 38.3 Å². The van der Waals surface area contributed by atoms with Crippen molar-refractivity contribution >= 4 is 47.3 Å². The fourth-order valence-corrected chi connectivity index (χ4v) is 3.05. The molecule has 0 aromatic rings. The summed E-state index contributed by atoms with van der Waals surface area (Å²) in [7, 11) is 0. The minimum absolute atomic E-state index is 0.115. The molecule has 0 rings (SSSR count). The second kappa shape index (κ2) is 15.1. The van der Waals surface area contributed by atoms with Crippen LogP contribution < -0.4 is 33.2 Å². The molecule has 0 saturated carbocycles. The highest BCUT2D eigenvalue weighted by Gasteiger charge is 2.31. The number of carboxylic acids is 1. The van der Waals surface area contributed by atoms with Crippen molar-refractivity contribution in [3.63, 3.8) is 0 Å². The molecule has 0 aromatic carbocycles. The Kier molecular flexibility index (Phi) is 13.7. The van der Waals surface area contributed by atoms with Crippen molar-refractivity contribution in [3.05, 3.63) is 0 Å². The molecule has 33 heavy (non-hydrogen) atoms. The van der Waals surface area contributed by atoms with Crippen molar-refractivity contribution in [1.29, 1.82) is 0 Å². The van der Waals surface area contributed by atoms with E-state index < -0.39 is 66.1 Å². The van der Waals surface area contributed by atoms with E-state index >= 15 is 0 Å². The van der Waals surface area contributed by atoms with E-state index in [9.17, 15) is 33.9 Å². The molecule has 0 aliphatic rings. The Bertz CT molecular complexity index is 733. The van der Waals surface area contributed by atoms with E-state index in [1.807, 2.05) is 0 Å². The first-order valence-corrected chi connectivity index (χ1v) is 11.6. The quantitative estimate of drug-likeness (QED) is 0.120. The lowest BCUT2D eigenvalue weighted by molar-refractivity contribution is -0.142. The van der Waals surface area contributed by atoms with Gasteiger partial charge in [0.1, 0.15) is 18.1 Å². The maximum absolute atomic E-state index is 12.8. The maximum atomic E-state index is 12.8. The first-order valence-electron chi connectivity index (χ1n) is 10.2. The van der Waals surface area contributed by atoms with E-state index in [4.69, 9.17) is 17.2 Å². The Balaban J connectivity index is 5.55.